The van der Waals surface area contributed by atoms with Gasteiger partial charge in [-0.1, -0.05) is 209 Å². The second-order valence-electron chi connectivity index (χ2n) is 16.5. The van der Waals surface area contributed by atoms with Crippen molar-refractivity contribution in [1.29, 1.82) is 0 Å². The molecule has 6 heteroatoms. The van der Waals surface area contributed by atoms with Crippen LogP contribution in [-0.4, -0.2) is 46.9 Å². The highest BCUT2D eigenvalue weighted by atomic mass is 16.5. The van der Waals surface area contributed by atoms with E-state index in [0.717, 1.165) is 70.6 Å². The molecule has 0 saturated heterocycles. The number of nitrogens with one attached hydrogen (secondary N) is 1. The first-order chi connectivity index (χ1) is 29.5. The summed E-state index contributed by atoms with van der Waals surface area (Å²) in [7, 11) is 0. The molecular weight excluding hydrogens is 743 g/mol. The summed E-state index contributed by atoms with van der Waals surface area (Å²) in [5.74, 6) is -0.641. The molecule has 0 bridgehead atoms. The van der Waals surface area contributed by atoms with Crippen LogP contribution in [0.2, 0.25) is 0 Å². The zero-order valence-corrected chi connectivity index (χ0v) is 39.1. The molecule has 344 valence electrons. The molecule has 0 aliphatic carbocycles. The number of ether oxygens (including phenoxy) is 1. The number of esters is 1. The number of hydrogen-bond donors (Lipinski definition) is 3. The van der Waals surface area contributed by atoms with Gasteiger partial charge in [0.2, 0.25) is 5.91 Å². The van der Waals surface area contributed by atoms with Crippen molar-refractivity contribution in [2.24, 2.45) is 0 Å². The van der Waals surface area contributed by atoms with Crippen molar-refractivity contribution in [3.8, 4) is 0 Å². The monoisotopic (exact) mass is 836 g/mol. The highest BCUT2D eigenvalue weighted by Gasteiger charge is 2.23. The predicted octanol–water partition coefficient (Wildman–Crippen LogP) is 14.8. The largest absolute Gasteiger partial charge is 0.458 e. The first-order valence-electron chi connectivity index (χ1n) is 24.8. The van der Waals surface area contributed by atoms with Gasteiger partial charge in [0.1, 0.15) is 6.10 Å². The molecule has 1 amide bonds. The van der Waals surface area contributed by atoms with E-state index < -0.39 is 18.2 Å². The minimum absolute atomic E-state index is 0.0524. The van der Waals surface area contributed by atoms with Gasteiger partial charge in [-0.25, -0.2) is 0 Å². The minimum atomic E-state index is -0.822. The normalized spacial score (nSPS) is 14.0. The summed E-state index contributed by atoms with van der Waals surface area (Å²) in [5, 5.41) is 23.6. The lowest BCUT2D eigenvalue weighted by Crippen LogP contribution is -2.46. The zero-order chi connectivity index (χ0) is 43.8. The maximum Gasteiger partial charge on any atom is 0.306 e. The zero-order valence-electron chi connectivity index (χ0n) is 39.1. The highest BCUT2D eigenvalue weighted by Crippen LogP contribution is 2.15. The molecule has 0 spiro atoms. The molecule has 0 heterocycles. The van der Waals surface area contributed by atoms with Crippen LogP contribution in [0.4, 0.5) is 0 Å². The van der Waals surface area contributed by atoms with Crippen molar-refractivity contribution >= 4 is 11.9 Å². The SMILES string of the molecule is CC/C=C\C/C=C\C/C=C\C/C=C\C/C=C\C/C=C\C(CC(=O)NC(CO)C(O)CCCCCCCCCCC)OC(=O)CCCCCCCCC/C=C\CCCCCC. The second-order valence-corrected chi connectivity index (χ2v) is 16.5. The summed E-state index contributed by atoms with van der Waals surface area (Å²) in [5.41, 5.74) is 0. The molecule has 0 aromatic heterocycles. The average molecular weight is 836 g/mol. The summed E-state index contributed by atoms with van der Waals surface area (Å²) < 4.78 is 5.81. The van der Waals surface area contributed by atoms with Gasteiger partial charge in [-0.2, -0.15) is 0 Å². The van der Waals surface area contributed by atoms with Crippen molar-refractivity contribution in [3.63, 3.8) is 0 Å². The average Bonchev–Trinajstić information content (AvgIpc) is 3.24. The number of allylic oxidation sites excluding steroid dienone is 13. The Labute approximate surface area is 370 Å². The third-order valence-electron chi connectivity index (χ3n) is 10.7. The van der Waals surface area contributed by atoms with E-state index in [2.05, 4.69) is 99.0 Å². The third kappa shape index (κ3) is 41.8. The Kier molecular flexibility index (Phi) is 44.8. The van der Waals surface area contributed by atoms with Gasteiger partial charge in [0.15, 0.2) is 0 Å². The van der Waals surface area contributed by atoms with Crippen molar-refractivity contribution in [3.05, 3.63) is 85.1 Å². The summed E-state index contributed by atoms with van der Waals surface area (Å²) in [6.45, 7) is 6.29. The minimum Gasteiger partial charge on any atom is -0.458 e. The van der Waals surface area contributed by atoms with Crippen LogP contribution in [0.5, 0.6) is 0 Å². The van der Waals surface area contributed by atoms with Crippen molar-refractivity contribution in [1.82, 2.24) is 5.32 Å². The number of carbonyl (C=O) groups excluding carboxylic acids is 2. The molecule has 0 aromatic rings. The first-order valence-corrected chi connectivity index (χ1v) is 24.8. The Balaban J connectivity index is 4.79. The molecule has 0 rings (SSSR count). The van der Waals surface area contributed by atoms with Gasteiger partial charge < -0.3 is 20.3 Å². The van der Waals surface area contributed by atoms with Gasteiger partial charge in [0.25, 0.3) is 0 Å². The van der Waals surface area contributed by atoms with Gasteiger partial charge in [-0.15, -0.1) is 0 Å². The Morgan fingerprint density at radius 2 is 0.933 bits per heavy atom. The van der Waals surface area contributed by atoms with E-state index in [9.17, 15) is 19.8 Å². The summed E-state index contributed by atoms with van der Waals surface area (Å²) in [6.07, 6.45) is 61.0. The summed E-state index contributed by atoms with van der Waals surface area (Å²) in [4.78, 5) is 26.0. The number of carbonyl (C=O) groups is 2. The Morgan fingerprint density at radius 1 is 0.517 bits per heavy atom. The molecule has 6 nitrogen and oxygen atoms in total. The van der Waals surface area contributed by atoms with Gasteiger partial charge in [-0.05, 0) is 83.1 Å². The lowest BCUT2D eigenvalue weighted by molar-refractivity contribution is -0.148. The van der Waals surface area contributed by atoms with Crippen LogP contribution < -0.4 is 5.32 Å². The highest BCUT2D eigenvalue weighted by molar-refractivity contribution is 5.78. The summed E-state index contributed by atoms with van der Waals surface area (Å²) >= 11 is 0. The van der Waals surface area contributed by atoms with E-state index in [1.54, 1.807) is 6.08 Å². The molecule has 0 aromatic carbocycles. The van der Waals surface area contributed by atoms with Crippen LogP contribution in [0.15, 0.2) is 85.1 Å². The fourth-order valence-electron chi connectivity index (χ4n) is 6.95. The first kappa shape index (κ1) is 57.0. The topological polar surface area (TPSA) is 95.9 Å². The van der Waals surface area contributed by atoms with E-state index in [4.69, 9.17) is 4.74 Å². The number of rotatable bonds is 43. The smallest absolute Gasteiger partial charge is 0.306 e. The molecule has 0 radical (unpaired) electrons. The molecule has 3 N–H and O–H groups in total. The maximum atomic E-state index is 13.1. The Bertz CT molecular complexity index is 1160. The molecule has 3 atom stereocenters. The summed E-state index contributed by atoms with van der Waals surface area (Å²) in [6, 6.07) is -0.745. The quantitative estimate of drug-likeness (QED) is 0.0323. The fraction of sp³-hybridized carbons (Fsp3) is 0.704. The van der Waals surface area contributed by atoms with Crippen molar-refractivity contribution < 1.29 is 24.5 Å². The lowest BCUT2D eigenvalue weighted by atomic mass is 10.0. The van der Waals surface area contributed by atoms with Crippen LogP contribution in [0.25, 0.3) is 0 Å². The molecule has 0 saturated carbocycles. The Hall–Kier alpha value is -2.96. The lowest BCUT2D eigenvalue weighted by Gasteiger charge is -2.23. The Morgan fingerprint density at radius 3 is 1.42 bits per heavy atom. The van der Waals surface area contributed by atoms with E-state index in [-0.39, 0.29) is 24.9 Å². The molecule has 0 aliphatic rings. The molecular formula is C54H93NO5. The molecule has 0 aliphatic heterocycles. The van der Waals surface area contributed by atoms with Crippen molar-refractivity contribution in [2.45, 2.75) is 238 Å². The predicted molar refractivity (Wildman–Crippen MR) is 259 cm³/mol. The van der Waals surface area contributed by atoms with Crippen LogP contribution >= 0.6 is 0 Å². The van der Waals surface area contributed by atoms with Crippen LogP contribution in [-0.2, 0) is 14.3 Å². The van der Waals surface area contributed by atoms with Crippen molar-refractivity contribution in [2.75, 3.05) is 6.61 Å². The number of unbranched alkanes of at least 4 members (excludes halogenated alkanes) is 19. The van der Waals surface area contributed by atoms with Crippen LogP contribution in [0.1, 0.15) is 220 Å². The third-order valence-corrected chi connectivity index (χ3v) is 10.7. The van der Waals surface area contributed by atoms with E-state index in [0.29, 0.717) is 19.3 Å². The fourth-order valence-corrected chi connectivity index (χ4v) is 6.95. The molecule has 60 heavy (non-hydrogen) atoms. The number of aliphatic hydroxyl groups is 2. The van der Waals surface area contributed by atoms with E-state index in [1.807, 2.05) is 6.08 Å². The molecule has 0 fully saturated rings. The standard InChI is InChI=1S/C54H93NO5/c1-4-7-10-13-16-19-21-23-25-26-28-29-31-34-36-39-42-45-50(48-53(58)55-51(49-56)52(57)46-43-40-37-33-18-15-12-9-6-3)60-54(59)47-44-41-38-35-32-30-27-24-22-20-17-14-11-8-5-2/h7,10,16,19-20,22-23,25,28-29,34,36,42,45,50-52,56-57H,4-6,8-9,11-15,17-18,21,24,26-27,30-33,35,37-41,43-44,46-49H2,1-3H3,(H,55,58)/b10-7-,19-16-,22-20-,25-23-,29-28-,36-34-,45-42-. The number of aliphatic hydroxyl groups excluding tert-OH is 2. The number of hydrogen-bond acceptors (Lipinski definition) is 5. The van der Waals surface area contributed by atoms with Crippen LogP contribution in [0, 0.1) is 0 Å². The number of amides is 1. The van der Waals surface area contributed by atoms with Crippen LogP contribution in [0.3, 0.4) is 0 Å². The maximum absolute atomic E-state index is 13.1. The van der Waals surface area contributed by atoms with Gasteiger partial charge >= 0.3 is 5.97 Å². The second kappa shape index (κ2) is 47.1. The van der Waals surface area contributed by atoms with E-state index in [1.165, 1.54) is 103 Å². The van der Waals surface area contributed by atoms with Gasteiger partial charge in [-0.3, -0.25) is 9.59 Å². The van der Waals surface area contributed by atoms with Gasteiger partial charge in [0, 0.05) is 6.42 Å². The van der Waals surface area contributed by atoms with Gasteiger partial charge in [0.05, 0.1) is 25.2 Å². The van der Waals surface area contributed by atoms with E-state index >= 15 is 0 Å². The molecule has 3 unspecified atom stereocenters.